The minimum absolute atomic E-state index is 0.177. The van der Waals surface area contributed by atoms with Crippen LogP contribution < -0.4 is 5.32 Å². The molecule has 1 aromatic carbocycles. The fourth-order valence-electron chi connectivity index (χ4n) is 1.19. The van der Waals surface area contributed by atoms with Gasteiger partial charge in [0.1, 0.15) is 0 Å². The van der Waals surface area contributed by atoms with E-state index in [9.17, 15) is 4.79 Å². The van der Waals surface area contributed by atoms with Crippen molar-refractivity contribution in [3.63, 3.8) is 0 Å². The number of carbonyl (C=O) groups excluding carboxylic acids is 1. The average Bonchev–Trinajstić information content (AvgIpc) is 2.20. The van der Waals surface area contributed by atoms with Crippen LogP contribution in [-0.4, -0.2) is 18.0 Å². The number of carbonyl (C=O) groups is 1. The number of hydrogen-bond acceptors (Lipinski definition) is 1. The van der Waals surface area contributed by atoms with Crippen LogP contribution in [0, 0.1) is 0 Å². The van der Waals surface area contributed by atoms with Crippen molar-refractivity contribution in [2.24, 2.45) is 0 Å². The summed E-state index contributed by atoms with van der Waals surface area (Å²) in [5.41, 5.74) is 1.79. The molecule has 2 amide bonds. The average molecular weight is 239 g/mol. The van der Waals surface area contributed by atoms with Crippen molar-refractivity contribution in [2.75, 3.05) is 12.4 Å². The Morgan fingerprint density at radius 2 is 1.88 bits per heavy atom. The van der Waals surface area contributed by atoms with E-state index >= 15 is 0 Å². The van der Waals surface area contributed by atoms with Crippen molar-refractivity contribution < 1.29 is 4.79 Å². The number of amides is 2. The minimum Gasteiger partial charge on any atom is -0.308 e. The van der Waals surface area contributed by atoms with Crippen LogP contribution in [0.4, 0.5) is 10.5 Å². The summed E-state index contributed by atoms with van der Waals surface area (Å²) in [6.45, 7) is 3.87. The molecular formula is C12H15ClN2O. The third-order valence-electron chi connectivity index (χ3n) is 1.87. The normalized spacial score (nSPS) is 9.50. The van der Waals surface area contributed by atoms with Crippen LogP contribution in [0.15, 0.2) is 36.0 Å². The van der Waals surface area contributed by atoms with E-state index in [-0.39, 0.29) is 6.03 Å². The van der Waals surface area contributed by atoms with Crippen molar-refractivity contribution in [3.8, 4) is 0 Å². The van der Waals surface area contributed by atoms with E-state index in [1.54, 1.807) is 37.5 Å². The van der Waals surface area contributed by atoms with Crippen molar-refractivity contribution in [3.05, 3.63) is 41.1 Å². The summed E-state index contributed by atoms with van der Waals surface area (Å²) in [7, 11) is 1.71. The summed E-state index contributed by atoms with van der Waals surface area (Å²) in [5, 5.41) is 3.41. The van der Waals surface area contributed by atoms with Crippen molar-refractivity contribution >= 4 is 23.3 Å². The Labute approximate surface area is 101 Å². The topological polar surface area (TPSA) is 32.3 Å². The molecule has 1 rings (SSSR count). The summed E-state index contributed by atoms with van der Waals surface area (Å²) >= 11 is 5.75. The first-order valence-electron chi connectivity index (χ1n) is 4.93. The maximum atomic E-state index is 11.7. The van der Waals surface area contributed by atoms with Gasteiger partial charge in [0, 0.05) is 24.0 Å². The van der Waals surface area contributed by atoms with Gasteiger partial charge in [0.05, 0.1) is 0 Å². The zero-order chi connectivity index (χ0) is 12.1. The smallest absolute Gasteiger partial charge is 0.308 e. The minimum atomic E-state index is -0.177. The molecule has 3 nitrogen and oxygen atoms in total. The van der Waals surface area contributed by atoms with Crippen LogP contribution in [0.5, 0.6) is 0 Å². The molecular weight excluding hydrogens is 224 g/mol. The number of allylic oxidation sites excluding steroid dienone is 1. The maximum Gasteiger partial charge on any atom is 0.325 e. The summed E-state index contributed by atoms with van der Waals surface area (Å²) in [6, 6.07) is 6.81. The molecule has 0 fully saturated rings. The van der Waals surface area contributed by atoms with Crippen LogP contribution >= 0.6 is 11.6 Å². The highest BCUT2D eigenvalue weighted by Gasteiger charge is 2.05. The molecule has 0 bridgehead atoms. The van der Waals surface area contributed by atoms with Crippen molar-refractivity contribution in [1.29, 1.82) is 0 Å². The van der Waals surface area contributed by atoms with Gasteiger partial charge in [-0.3, -0.25) is 0 Å². The number of benzene rings is 1. The summed E-state index contributed by atoms with van der Waals surface area (Å²) < 4.78 is 0. The summed E-state index contributed by atoms with van der Waals surface area (Å²) in [5.74, 6) is 0. The van der Waals surface area contributed by atoms with Gasteiger partial charge in [-0.05, 0) is 38.1 Å². The lowest BCUT2D eigenvalue weighted by Crippen LogP contribution is -2.26. The number of nitrogens with zero attached hydrogens (tertiary/aromatic N) is 1. The van der Waals surface area contributed by atoms with Crippen molar-refractivity contribution in [1.82, 2.24) is 4.90 Å². The zero-order valence-corrected chi connectivity index (χ0v) is 10.4. The molecule has 0 radical (unpaired) electrons. The second kappa shape index (κ2) is 5.56. The lowest BCUT2D eigenvalue weighted by atomic mass is 10.3. The van der Waals surface area contributed by atoms with Crippen LogP contribution in [0.2, 0.25) is 5.02 Å². The van der Waals surface area contributed by atoms with E-state index in [2.05, 4.69) is 5.32 Å². The predicted molar refractivity (Wildman–Crippen MR) is 67.7 cm³/mol. The number of anilines is 1. The fraction of sp³-hybridized carbons (Fsp3) is 0.250. The van der Waals surface area contributed by atoms with Gasteiger partial charge in [0.25, 0.3) is 0 Å². The van der Waals surface area contributed by atoms with E-state index in [0.717, 1.165) is 11.3 Å². The molecule has 16 heavy (non-hydrogen) atoms. The molecule has 0 aliphatic heterocycles. The molecule has 0 aliphatic carbocycles. The molecule has 1 N–H and O–H groups in total. The lowest BCUT2D eigenvalue weighted by Gasteiger charge is -2.14. The highest BCUT2D eigenvalue weighted by Crippen LogP contribution is 2.13. The molecule has 86 valence electrons. The molecule has 0 saturated carbocycles. The number of urea groups is 1. The highest BCUT2D eigenvalue weighted by atomic mass is 35.5. The Kier molecular flexibility index (Phi) is 4.38. The Bertz CT molecular complexity index is 394. The number of hydrogen-bond donors (Lipinski definition) is 1. The summed E-state index contributed by atoms with van der Waals surface area (Å²) in [6.07, 6.45) is 1.77. The van der Waals surface area contributed by atoms with E-state index in [0.29, 0.717) is 5.02 Å². The molecule has 0 atom stereocenters. The quantitative estimate of drug-likeness (QED) is 0.837. The van der Waals surface area contributed by atoms with Crippen molar-refractivity contribution in [2.45, 2.75) is 13.8 Å². The molecule has 0 aliphatic rings. The van der Waals surface area contributed by atoms with Gasteiger partial charge in [0.2, 0.25) is 0 Å². The Hall–Kier alpha value is -1.48. The van der Waals surface area contributed by atoms with Crippen LogP contribution in [0.25, 0.3) is 0 Å². The standard InChI is InChI=1S/C12H15ClN2O/c1-9(2)8-15(3)12(16)14-11-6-4-10(13)5-7-11/h4-8H,1-3H3,(H,14,16). The molecule has 0 heterocycles. The van der Waals surface area contributed by atoms with Gasteiger partial charge in [-0.15, -0.1) is 0 Å². The highest BCUT2D eigenvalue weighted by molar-refractivity contribution is 6.30. The SMILES string of the molecule is CC(C)=CN(C)C(=O)Nc1ccc(Cl)cc1. The summed E-state index contributed by atoms with van der Waals surface area (Å²) in [4.78, 5) is 13.2. The Morgan fingerprint density at radius 3 is 2.38 bits per heavy atom. The second-order valence-electron chi connectivity index (χ2n) is 3.75. The lowest BCUT2D eigenvalue weighted by molar-refractivity contribution is 0.235. The Morgan fingerprint density at radius 1 is 1.31 bits per heavy atom. The maximum absolute atomic E-state index is 11.7. The van der Waals surface area contributed by atoms with Gasteiger partial charge >= 0.3 is 6.03 Å². The first kappa shape index (κ1) is 12.6. The van der Waals surface area contributed by atoms with Gasteiger partial charge in [-0.2, -0.15) is 0 Å². The molecule has 0 spiro atoms. The monoisotopic (exact) mass is 238 g/mol. The first-order valence-corrected chi connectivity index (χ1v) is 5.31. The number of rotatable bonds is 2. The number of nitrogens with one attached hydrogen (secondary N) is 1. The van der Waals surface area contributed by atoms with E-state index < -0.39 is 0 Å². The van der Waals surface area contributed by atoms with E-state index in [4.69, 9.17) is 11.6 Å². The van der Waals surface area contributed by atoms with Crippen LogP contribution in [0.3, 0.4) is 0 Å². The van der Waals surface area contributed by atoms with Gasteiger partial charge < -0.3 is 10.2 Å². The number of halogens is 1. The van der Waals surface area contributed by atoms with Gasteiger partial charge in [-0.25, -0.2) is 4.79 Å². The van der Waals surface area contributed by atoms with Gasteiger partial charge in [0.15, 0.2) is 0 Å². The molecule has 0 aromatic heterocycles. The second-order valence-corrected chi connectivity index (χ2v) is 4.19. The zero-order valence-electron chi connectivity index (χ0n) is 9.62. The molecule has 1 aromatic rings. The third kappa shape index (κ3) is 3.95. The van der Waals surface area contributed by atoms with E-state index in [1.165, 1.54) is 4.90 Å². The third-order valence-corrected chi connectivity index (χ3v) is 2.12. The van der Waals surface area contributed by atoms with E-state index in [1.807, 2.05) is 13.8 Å². The molecule has 0 saturated heterocycles. The fourth-order valence-corrected chi connectivity index (χ4v) is 1.32. The van der Waals surface area contributed by atoms with Gasteiger partial charge in [-0.1, -0.05) is 17.2 Å². The van der Waals surface area contributed by atoms with Crippen LogP contribution in [-0.2, 0) is 0 Å². The van der Waals surface area contributed by atoms with Crippen LogP contribution in [0.1, 0.15) is 13.8 Å². The predicted octanol–water partition coefficient (Wildman–Crippen LogP) is 3.73. The molecule has 4 heteroatoms. The largest absolute Gasteiger partial charge is 0.325 e. The Balaban J connectivity index is 2.64. The first-order chi connectivity index (χ1) is 7.49. The molecule has 0 unspecified atom stereocenters.